The summed E-state index contributed by atoms with van der Waals surface area (Å²) in [6.07, 6.45) is 0. The molecule has 0 saturated heterocycles. The standard InChI is InChI=1S/C12H18N2O3/c1-9(2)12(8-15)13-7-10-4-3-5-11(6-10)14(16)17/h3-6,9,12-13,15H,7-8H2,1-2H3. The Kier molecular flexibility index (Phi) is 5.06. The van der Waals surface area contributed by atoms with Crippen LogP contribution in [0.15, 0.2) is 24.3 Å². The Balaban J connectivity index is 2.62. The van der Waals surface area contributed by atoms with E-state index in [9.17, 15) is 10.1 Å². The monoisotopic (exact) mass is 238 g/mol. The summed E-state index contributed by atoms with van der Waals surface area (Å²) < 4.78 is 0. The molecule has 0 radical (unpaired) electrons. The molecule has 17 heavy (non-hydrogen) atoms. The number of aliphatic hydroxyl groups excluding tert-OH is 1. The first kappa shape index (κ1) is 13.6. The van der Waals surface area contributed by atoms with E-state index in [1.807, 2.05) is 19.9 Å². The van der Waals surface area contributed by atoms with Crippen LogP contribution < -0.4 is 5.32 Å². The first-order valence-electron chi connectivity index (χ1n) is 5.62. The average Bonchev–Trinajstić information content (AvgIpc) is 2.29. The summed E-state index contributed by atoms with van der Waals surface area (Å²) in [6.45, 7) is 4.61. The van der Waals surface area contributed by atoms with E-state index in [2.05, 4.69) is 5.32 Å². The molecule has 2 N–H and O–H groups in total. The zero-order chi connectivity index (χ0) is 12.8. The smallest absolute Gasteiger partial charge is 0.269 e. The maximum absolute atomic E-state index is 10.6. The van der Waals surface area contributed by atoms with E-state index in [0.717, 1.165) is 5.56 Å². The number of hydrogen-bond acceptors (Lipinski definition) is 4. The van der Waals surface area contributed by atoms with Crippen LogP contribution in [0.4, 0.5) is 5.69 Å². The molecule has 0 fully saturated rings. The van der Waals surface area contributed by atoms with Gasteiger partial charge in [-0.2, -0.15) is 0 Å². The van der Waals surface area contributed by atoms with E-state index in [0.29, 0.717) is 12.5 Å². The van der Waals surface area contributed by atoms with Gasteiger partial charge >= 0.3 is 0 Å². The molecule has 1 aromatic rings. The minimum atomic E-state index is -0.407. The molecule has 0 aliphatic rings. The molecule has 0 heterocycles. The van der Waals surface area contributed by atoms with Crippen LogP contribution in [0.2, 0.25) is 0 Å². The van der Waals surface area contributed by atoms with Gasteiger partial charge in [-0.25, -0.2) is 0 Å². The third-order valence-electron chi connectivity index (χ3n) is 2.69. The minimum Gasteiger partial charge on any atom is -0.395 e. The predicted octanol–water partition coefficient (Wildman–Crippen LogP) is 1.70. The summed E-state index contributed by atoms with van der Waals surface area (Å²) >= 11 is 0. The Bertz CT molecular complexity index is 380. The molecule has 1 atom stereocenters. The van der Waals surface area contributed by atoms with E-state index >= 15 is 0 Å². The van der Waals surface area contributed by atoms with Crippen LogP contribution >= 0.6 is 0 Å². The lowest BCUT2D eigenvalue weighted by atomic mass is 10.1. The summed E-state index contributed by atoms with van der Waals surface area (Å²) in [5.74, 6) is 0.318. The van der Waals surface area contributed by atoms with Gasteiger partial charge in [0.2, 0.25) is 0 Å². The van der Waals surface area contributed by atoms with E-state index in [1.165, 1.54) is 6.07 Å². The SMILES string of the molecule is CC(C)C(CO)NCc1cccc([N+](=O)[O-])c1. The average molecular weight is 238 g/mol. The van der Waals surface area contributed by atoms with Gasteiger partial charge in [-0.15, -0.1) is 0 Å². The van der Waals surface area contributed by atoms with Crippen LogP contribution in [0.3, 0.4) is 0 Å². The Hall–Kier alpha value is -1.46. The number of nitrogens with zero attached hydrogens (tertiary/aromatic N) is 1. The lowest BCUT2D eigenvalue weighted by Crippen LogP contribution is -2.36. The van der Waals surface area contributed by atoms with Crippen molar-refractivity contribution in [1.29, 1.82) is 0 Å². The zero-order valence-electron chi connectivity index (χ0n) is 10.1. The molecular formula is C12H18N2O3. The molecule has 0 bridgehead atoms. The summed E-state index contributed by atoms with van der Waals surface area (Å²) in [5, 5.41) is 22.9. The lowest BCUT2D eigenvalue weighted by molar-refractivity contribution is -0.384. The maximum Gasteiger partial charge on any atom is 0.269 e. The van der Waals surface area contributed by atoms with Crippen molar-refractivity contribution in [2.24, 2.45) is 5.92 Å². The van der Waals surface area contributed by atoms with Gasteiger partial charge in [0.15, 0.2) is 0 Å². The Labute approximate surface area is 101 Å². The molecule has 5 heteroatoms. The first-order valence-corrected chi connectivity index (χ1v) is 5.62. The van der Waals surface area contributed by atoms with Gasteiger partial charge in [0.05, 0.1) is 11.5 Å². The molecule has 0 aromatic heterocycles. The van der Waals surface area contributed by atoms with Crippen molar-refractivity contribution in [3.63, 3.8) is 0 Å². The fourth-order valence-electron chi connectivity index (χ4n) is 1.54. The fourth-order valence-corrected chi connectivity index (χ4v) is 1.54. The topological polar surface area (TPSA) is 75.4 Å². The van der Waals surface area contributed by atoms with Gasteiger partial charge in [-0.05, 0) is 11.5 Å². The summed E-state index contributed by atoms with van der Waals surface area (Å²) in [5.41, 5.74) is 0.938. The van der Waals surface area contributed by atoms with E-state index in [1.54, 1.807) is 12.1 Å². The van der Waals surface area contributed by atoms with Crippen molar-refractivity contribution in [1.82, 2.24) is 5.32 Å². The molecule has 5 nitrogen and oxygen atoms in total. The lowest BCUT2D eigenvalue weighted by Gasteiger charge is -2.19. The molecule has 1 rings (SSSR count). The quantitative estimate of drug-likeness (QED) is 0.584. The number of rotatable bonds is 6. The van der Waals surface area contributed by atoms with Gasteiger partial charge in [0.25, 0.3) is 5.69 Å². The van der Waals surface area contributed by atoms with Crippen LogP contribution in [0.25, 0.3) is 0 Å². The van der Waals surface area contributed by atoms with Crippen LogP contribution in [-0.4, -0.2) is 22.7 Å². The maximum atomic E-state index is 10.6. The summed E-state index contributed by atoms with van der Waals surface area (Å²) in [6, 6.07) is 6.51. The highest BCUT2D eigenvalue weighted by molar-refractivity contribution is 5.34. The highest BCUT2D eigenvalue weighted by atomic mass is 16.6. The Morgan fingerprint density at radius 1 is 1.47 bits per heavy atom. The van der Waals surface area contributed by atoms with Gasteiger partial charge < -0.3 is 10.4 Å². The van der Waals surface area contributed by atoms with Crippen molar-refractivity contribution in [3.05, 3.63) is 39.9 Å². The molecule has 0 saturated carbocycles. The van der Waals surface area contributed by atoms with Gasteiger partial charge in [0.1, 0.15) is 0 Å². The largest absolute Gasteiger partial charge is 0.395 e. The molecule has 0 aliphatic heterocycles. The second-order valence-corrected chi connectivity index (χ2v) is 4.34. The van der Waals surface area contributed by atoms with Gasteiger partial charge in [0, 0.05) is 24.7 Å². The normalized spacial score (nSPS) is 12.7. The fraction of sp³-hybridized carbons (Fsp3) is 0.500. The van der Waals surface area contributed by atoms with Crippen molar-refractivity contribution in [2.45, 2.75) is 26.4 Å². The van der Waals surface area contributed by atoms with Crippen LogP contribution in [0, 0.1) is 16.0 Å². The third-order valence-corrected chi connectivity index (χ3v) is 2.69. The van der Waals surface area contributed by atoms with Crippen LogP contribution in [0.5, 0.6) is 0 Å². The number of aliphatic hydroxyl groups is 1. The summed E-state index contributed by atoms with van der Waals surface area (Å²) in [4.78, 5) is 10.2. The molecule has 0 spiro atoms. The molecule has 1 aromatic carbocycles. The van der Waals surface area contributed by atoms with Gasteiger partial charge in [-0.3, -0.25) is 10.1 Å². The van der Waals surface area contributed by atoms with Crippen molar-refractivity contribution < 1.29 is 10.0 Å². The van der Waals surface area contributed by atoms with Gasteiger partial charge in [-0.1, -0.05) is 26.0 Å². The van der Waals surface area contributed by atoms with E-state index in [4.69, 9.17) is 5.11 Å². The highest BCUT2D eigenvalue weighted by Crippen LogP contribution is 2.13. The third kappa shape index (κ3) is 4.13. The number of nitrogens with one attached hydrogen (secondary N) is 1. The minimum absolute atomic E-state index is 0.00858. The van der Waals surface area contributed by atoms with E-state index < -0.39 is 4.92 Å². The Morgan fingerprint density at radius 2 is 2.18 bits per heavy atom. The molecular weight excluding hydrogens is 220 g/mol. The van der Waals surface area contributed by atoms with Crippen molar-refractivity contribution in [2.75, 3.05) is 6.61 Å². The van der Waals surface area contributed by atoms with E-state index in [-0.39, 0.29) is 18.3 Å². The predicted molar refractivity (Wildman–Crippen MR) is 65.6 cm³/mol. The first-order chi connectivity index (χ1) is 8.04. The molecule has 94 valence electrons. The second kappa shape index (κ2) is 6.32. The molecule has 0 amide bonds. The second-order valence-electron chi connectivity index (χ2n) is 4.34. The number of nitro groups is 1. The van der Waals surface area contributed by atoms with Crippen LogP contribution in [0.1, 0.15) is 19.4 Å². The van der Waals surface area contributed by atoms with Crippen molar-refractivity contribution >= 4 is 5.69 Å². The number of nitro benzene ring substituents is 1. The van der Waals surface area contributed by atoms with Crippen molar-refractivity contribution in [3.8, 4) is 0 Å². The van der Waals surface area contributed by atoms with Crippen LogP contribution in [-0.2, 0) is 6.54 Å². The zero-order valence-corrected chi connectivity index (χ0v) is 10.1. The molecule has 1 unspecified atom stereocenters. The Morgan fingerprint density at radius 3 is 2.71 bits per heavy atom. The number of non-ortho nitro benzene ring substituents is 1. The number of hydrogen-bond donors (Lipinski definition) is 2. The highest BCUT2D eigenvalue weighted by Gasteiger charge is 2.12. The summed E-state index contributed by atoms with van der Waals surface area (Å²) in [7, 11) is 0. The number of benzene rings is 1. The molecule has 0 aliphatic carbocycles.